The van der Waals surface area contributed by atoms with Crippen LogP contribution in [-0.2, 0) is 28.8 Å². The molecule has 0 unspecified atom stereocenters. The summed E-state index contributed by atoms with van der Waals surface area (Å²) in [6, 6.07) is 8.05. The van der Waals surface area contributed by atoms with Crippen molar-refractivity contribution < 1.29 is 33.6 Å². The molecule has 0 bridgehead atoms. The minimum absolute atomic E-state index is 0.105. The minimum atomic E-state index is -0.981. The molecule has 7 nitrogen and oxygen atoms in total. The SMILES string of the molecule is C=C.C=C(C)C(=O)O/C=C/OOCCOC(=O)C(=O)c1ccccc1. The fraction of sp³-hybridized carbons (Fsp3) is 0.167. The van der Waals surface area contributed by atoms with Crippen molar-refractivity contribution in [3.05, 3.63) is 73.7 Å². The van der Waals surface area contributed by atoms with Gasteiger partial charge in [0.25, 0.3) is 5.78 Å². The highest BCUT2D eigenvalue weighted by Crippen LogP contribution is 2.01. The Labute approximate surface area is 146 Å². The molecule has 1 aromatic carbocycles. The van der Waals surface area contributed by atoms with Gasteiger partial charge in [-0.25, -0.2) is 9.59 Å². The molecule has 0 radical (unpaired) electrons. The number of ketones is 1. The van der Waals surface area contributed by atoms with E-state index in [1.165, 1.54) is 19.1 Å². The number of esters is 2. The van der Waals surface area contributed by atoms with E-state index in [0.29, 0.717) is 0 Å². The van der Waals surface area contributed by atoms with E-state index in [1.54, 1.807) is 18.2 Å². The summed E-state index contributed by atoms with van der Waals surface area (Å²) in [4.78, 5) is 43.2. The molecule has 0 N–H and O–H groups in total. The monoisotopic (exact) mass is 348 g/mol. The van der Waals surface area contributed by atoms with Gasteiger partial charge in [-0.15, -0.1) is 13.2 Å². The predicted molar refractivity (Wildman–Crippen MR) is 90.1 cm³/mol. The topological polar surface area (TPSA) is 88.1 Å². The zero-order valence-electron chi connectivity index (χ0n) is 13.9. The van der Waals surface area contributed by atoms with Crippen molar-refractivity contribution in [2.75, 3.05) is 13.2 Å². The first-order valence-electron chi connectivity index (χ1n) is 7.08. The van der Waals surface area contributed by atoms with Gasteiger partial charge in [-0.05, 0) is 6.92 Å². The number of rotatable bonds is 9. The third kappa shape index (κ3) is 9.52. The molecule has 0 amide bonds. The molecule has 0 aliphatic carbocycles. The molecule has 0 atom stereocenters. The van der Waals surface area contributed by atoms with E-state index in [0.717, 1.165) is 12.5 Å². The van der Waals surface area contributed by atoms with Crippen LogP contribution in [0.2, 0.25) is 0 Å². The molecule has 0 fully saturated rings. The molecule has 0 saturated heterocycles. The van der Waals surface area contributed by atoms with E-state index in [1.807, 2.05) is 0 Å². The van der Waals surface area contributed by atoms with Crippen LogP contribution in [0.15, 0.2) is 68.2 Å². The van der Waals surface area contributed by atoms with Crippen LogP contribution >= 0.6 is 0 Å². The van der Waals surface area contributed by atoms with E-state index >= 15 is 0 Å². The Morgan fingerprint density at radius 1 is 1.00 bits per heavy atom. The molecule has 0 spiro atoms. The van der Waals surface area contributed by atoms with Crippen LogP contribution in [0.3, 0.4) is 0 Å². The second kappa shape index (κ2) is 13.3. The largest absolute Gasteiger partial charge is 0.457 e. The Balaban J connectivity index is 0.00000277. The lowest BCUT2D eigenvalue weighted by atomic mass is 10.1. The first kappa shape index (κ1) is 21.8. The van der Waals surface area contributed by atoms with Gasteiger partial charge in [0.05, 0.1) is 0 Å². The average molecular weight is 348 g/mol. The number of ether oxygens (including phenoxy) is 2. The quantitative estimate of drug-likeness (QED) is 0.0780. The Hall–Kier alpha value is -3.19. The van der Waals surface area contributed by atoms with E-state index in [-0.39, 0.29) is 24.4 Å². The average Bonchev–Trinajstić information content (AvgIpc) is 2.65. The maximum absolute atomic E-state index is 11.7. The molecule has 0 aliphatic heterocycles. The zero-order valence-corrected chi connectivity index (χ0v) is 13.9. The van der Waals surface area contributed by atoms with Crippen molar-refractivity contribution in [2.45, 2.75) is 6.92 Å². The number of hydrogen-bond acceptors (Lipinski definition) is 7. The van der Waals surface area contributed by atoms with Gasteiger partial charge >= 0.3 is 11.9 Å². The summed E-state index contributed by atoms with van der Waals surface area (Å²) in [6.45, 7) is 10.6. The first-order valence-corrected chi connectivity index (χ1v) is 7.08. The molecular weight excluding hydrogens is 328 g/mol. The lowest BCUT2D eigenvalue weighted by molar-refractivity contribution is -0.255. The van der Waals surface area contributed by atoms with Gasteiger partial charge in [0, 0.05) is 11.1 Å². The Kier molecular flexibility index (Phi) is 11.6. The summed E-state index contributed by atoms with van der Waals surface area (Å²) in [7, 11) is 0. The molecule has 0 saturated carbocycles. The number of Topliss-reactive ketones (excluding diaryl/α,β-unsaturated/α-hetero) is 1. The Morgan fingerprint density at radius 3 is 2.24 bits per heavy atom. The number of hydrogen-bond donors (Lipinski definition) is 0. The molecule has 1 aromatic rings. The minimum Gasteiger partial charge on any atom is -0.457 e. The maximum Gasteiger partial charge on any atom is 0.379 e. The smallest absolute Gasteiger partial charge is 0.379 e. The van der Waals surface area contributed by atoms with Crippen LogP contribution in [0.1, 0.15) is 17.3 Å². The summed E-state index contributed by atoms with van der Waals surface area (Å²) in [6.07, 6.45) is 1.96. The van der Waals surface area contributed by atoms with Crippen LogP contribution in [0.4, 0.5) is 0 Å². The second-order valence-corrected chi connectivity index (χ2v) is 4.21. The lowest BCUT2D eigenvalue weighted by Crippen LogP contribution is -2.19. The summed E-state index contributed by atoms with van der Waals surface area (Å²) >= 11 is 0. The fourth-order valence-electron chi connectivity index (χ4n) is 1.24. The summed E-state index contributed by atoms with van der Waals surface area (Å²) in [5.74, 6) is -2.32. The van der Waals surface area contributed by atoms with Gasteiger partial charge in [-0.3, -0.25) is 4.79 Å². The lowest BCUT2D eigenvalue weighted by Gasteiger charge is -2.04. The Morgan fingerprint density at radius 2 is 1.64 bits per heavy atom. The van der Waals surface area contributed by atoms with Crippen molar-refractivity contribution in [1.82, 2.24) is 0 Å². The van der Waals surface area contributed by atoms with E-state index < -0.39 is 17.7 Å². The first-order chi connectivity index (χ1) is 12.0. The van der Waals surface area contributed by atoms with Crippen molar-refractivity contribution in [3.8, 4) is 0 Å². The molecule has 7 heteroatoms. The van der Waals surface area contributed by atoms with Crippen molar-refractivity contribution in [2.24, 2.45) is 0 Å². The van der Waals surface area contributed by atoms with Crippen LogP contribution in [0.5, 0.6) is 0 Å². The third-order valence-electron chi connectivity index (χ3n) is 2.32. The summed E-state index contributed by atoms with van der Waals surface area (Å²) in [5.41, 5.74) is 0.488. The highest BCUT2D eigenvalue weighted by atomic mass is 17.2. The normalized spacial score (nSPS) is 9.48. The van der Waals surface area contributed by atoms with Crippen LogP contribution < -0.4 is 0 Å². The van der Waals surface area contributed by atoms with Gasteiger partial charge in [-0.2, -0.15) is 4.89 Å². The highest BCUT2D eigenvalue weighted by Gasteiger charge is 2.17. The Bertz CT molecular complexity index is 605. The molecule has 25 heavy (non-hydrogen) atoms. The molecule has 1 rings (SSSR count). The van der Waals surface area contributed by atoms with Gasteiger partial charge < -0.3 is 14.4 Å². The predicted octanol–water partition coefficient (Wildman–Crippen LogP) is 2.75. The molecule has 134 valence electrons. The van der Waals surface area contributed by atoms with Crippen LogP contribution in [-0.4, -0.2) is 30.9 Å². The van der Waals surface area contributed by atoms with Gasteiger partial charge in [0.1, 0.15) is 19.5 Å². The van der Waals surface area contributed by atoms with E-state index in [4.69, 9.17) is 4.74 Å². The number of benzene rings is 1. The van der Waals surface area contributed by atoms with Gasteiger partial charge in [0.2, 0.25) is 0 Å². The van der Waals surface area contributed by atoms with Gasteiger partial charge in [-0.1, -0.05) is 36.9 Å². The fourth-order valence-corrected chi connectivity index (χ4v) is 1.24. The van der Waals surface area contributed by atoms with Crippen LogP contribution in [0, 0.1) is 0 Å². The van der Waals surface area contributed by atoms with Crippen LogP contribution in [0.25, 0.3) is 0 Å². The van der Waals surface area contributed by atoms with E-state index in [2.05, 4.69) is 34.2 Å². The number of carbonyl (C=O) groups is 3. The maximum atomic E-state index is 11.7. The third-order valence-corrected chi connectivity index (χ3v) is 2.32. The van der Waals surface area contributed by atoms with E-state index in [9.17, 15) is 14.4 Å². The second-order valence-electron chi connectivity index (χ2n) is 4.21. The molecule has 0 heterocycles. The van der Waals surface area contributed by atoms with Gasteiger partial charge in [0.15, 0.2) is 6.26 Å². The zero-order chi connectivity index (χ0) is 19.1. The molecule has 0 aromatic heterocycles. The van der Waals surface area contributed by atoms with Crippen molar-refractivity contribution in [1.29, 1.82) is 0 Å². The highest BCUT2D eigenvalue weighted by molar-refractivity contribution is 6.40. The molecule has 0 aliphatic rings. The van der Waals surface area contributed by atoms with Crippen molar-refractivity contribution >= 4 is 17.7 Å². The number of carbonyl (C=O) groups excluding carboxylic acids is 3. The van der Waals surface area contributed by atoms with Crippen molar-refractivity contribution in [3.63, 3.8) is 0 Å². The summed E-state index contributed by atoms with van der Waals surface area (Å²) < 4.78 is 9.29. The summed E-state index contributed by atoms with van der Waals surface area (Å²) in [5, 5.41) is 0. The molecular formula is C18H20O7. The standard InChI is InChI=1S/C16H16O7.C2H4/c1-12(2)15(18)20-8-10-22-23-11-9-21-16(19)14(17)13-6-4-3-5-7-13;1-2/h3-8,10H,1,9,11H2,2H3;1-2H2/b10-8+;.